The number of carboxylic acid groups (broad SMARTS) is 1. The predicted molar refractivity (Wildman–Crippen MR) is 55.8 cm³/mol. The highest BCUT2D eigenvalue weighted by Gasteiger charge is 2.03. The van der Waals surface area contributed by atoms with Gasteiger partial charge in [0.15, 0.2) is 0 Å². The number of fused-ring (bicyclic) bond motifs is 1. The third-order valence-electron chi connectivity index (χ3n) is 1.84. The lowest BCUT2D eigenvalue weighted by Gasteiger charge is -1.97. The first-order valence-corrected chi connectivity index (χ1v) is 4.14. The van der Waals surface area contributed by atoms with Gasteiger partial charge in [-0.2, -0.15) is 0 Å². The number of nitrogens with zero attached hydrogens (tertiary/aromatic N) is 1. The molecule has 76 valence electrons. The van der Waals surface area contributed by atoms with Crippen LogP contribution in [0.25, 0.3) is 10.9 Å². The van der Waals surface area contributed by atoms with Gasteiger partial charge < -0.3 is 9.90 Å². The minimum Gasteiger partial charge on any atom is -0.478 e. The van der Waals surface area contributed by atoms with E-state index in [9.17, 15) is 4.79 Å². The molecule has 1 heterocycles. The van der Waals surface area contributed by atoms with Crippen LogP contribution in [0.2, 0.25) is 0 Å². The summed E-state index contributed by atoms with van der Waals surface area (Å²) in [5.74, 6) is -0.946. The van der Waals surface area contributed by atoms with E-state index in [1.165, 1.54) is 6.20 Å². The molecule has 0 aliphatic rings. The van der Waals surface area contributed by atoms with E-state index >= 15 is 0 Å². The SMILES string of the molecule is C=O.O=C(O)c1cnc2ccccc2c1. The molecule has 1 aromatic carbocycles. The smallest absolute Gasteiger partial charge is 0.337 e. The Hall–Kier alpha value is -2.23. The molecule has 0 bridgehead atoms. The van der Waals surface area contributed by atoms with Crippen LogP contribution in [0, 0.1) is 0 Å². The Balaban J connectivity index is 0.000000531. The summed E-state index contributed by atoms with van der Waals surface area (Å²) in [5.41, 5.74) is 1.03. The van der Waals surface area contributed by atoms with E-state index in [-0.39, 0.29) is 5.56 Å². The highest BCUT2D eigenvalue weighted by molar-refractivity contribution is 5.92. The molecule has 2 rings (SSSR count). The van der Waals surface area contributed by atoms with Crippen LogP contribution in [0.1, 0.15) is 10.4 Å². The number of carboxylic acids is 1. The minimum atomic E-state index is -0.946. The Morgan fingerprint density at radius 2 is 1.93 bits per heavy atom. The molecule has 0 saturated heterocycles. The van der Waals surface area contributed by atoms with Crippen molar-refractivity contribution in [3.05, 3.63) is 42.1 Å². The molecule has 0 unspecified atom stereocenters. The van der Waals surface area contributed by atoms with Crippen LogP contribution in [0.15, 0.2) is 36.5 Å². The van der Waals surface area contributed by atoms with Crippen LogP contribution in [0.3, 0.4) is 0 Å². The average molecular weight is 203 g/mol. The summed E-state index contributed by atoms with van der Waals surface area (Å²) in [6, 6.07) is 9.03. The van der Waals surface area contributed by atoms with Gasteiger partial charge in [-0.1, -0.05) is 18.2 Å². The van der Waals surface area contributed by atoms with Gasteiger partial charge in [0.1, 0.15) is 6.79 Å². The monoisotopic (exact) mass is 203 g/mol. The molecule has 0 fully saturated rings. The van der Waals surface area contributed by atoms with Gasteiger partial charge in [-0.05, 0) is 12.1 Å². The van der Waals surface area contributed by atoms with Crippen molar-refractivity contribution in [1.29, 1.82) is 0 Å². The zero-order valence-electron chi connectivity index (χ0n) is 7.88. The molecule has 4 heteroatoms. The molecule has 0 amide bonds. The molecule has 15 heavy (non-hydrogen) atoms. The van der Waals surface area contributed by atoms with Gasteiger partial charge in [-0.15, -0.1) is 0 Å². The maximum Gasteiger partial charge on any atom is 0.337 e. The van der Waals surface area contributed by atoms with Crippen molar-refractivity contribution in [2.45, 2.75) is 0 Å². The molecule has 0 aliphatic carbocycles. The topological polar surface area (TPSA) is 67.3 Å². The summed E-state index contributed by atoms with van der Waals surface area (Å²) < 4.78 is 0. The summed E-state index contributed by atoms with van der Waals surface area (Å²) in [6.07, 6.45) is 1.37. The number of pyridine rings is 1. The zero-order chi connectivity index (χ0) is 11.3. The second kappa shape index (κ2) is 4.85. The van der Waals surface area contributed by atoms with Gasteiger partial charge in [0.2, 0.25) is 0 Å². The maximum atomic E-state index is 10.6. The lowest BCUT2D eigenvalue weighted by atomic mass is 10.2. The van der Waals surface area contributed by atoms with Gasteiger partial charge in [0, 0.05) is 11.6 Å². The molecule has 0 radical (unpaired) electrons. The van der Waals surface area contributed by atoms with Crippen LogP contribution in [-0.2, 0) is 4.79 Å². The van der Waals surface area contributed by atoms with Gasteiger partial charge in [-0.3, -0.25) is 4.98 Å². The second-order valence-corrected chi connectivity index (χ2v) is 2.72. The number of para-hydroxylation sites is 1. The summed E-state index contributed by atoms with van der Waals surface area (Å²) in [6.45, 7) is 2.00. The van der Waals surface area contributed by atoms with Gasteiger partial charge >= 0.3 is 5.97 Å². The lowest BCUT2D eigenvalue weighted by molar-refractivity contribution is -0.0980. The number of hydrogen-bond donors (Lipinski definition) is 1. The standard InChI is InChI=1S/C10H7NO2.CH2O/c12-10(13)8-5-7-3-1-2-4-9(7)11-6-8;1-2/h1-6H,(H,12,13);1H2. The number of rotatable bonds is 1. The molecule has 0 aliphatic heterocycles. The van der Waals surface area contributed by atoms with Gasteiger partial charge in [-0.25, -0.2) is 4.79 Å². The lowest BCUT2D eigenvalue weighted by Crippen LogP contribution is -1.96. The molecule has 2 aromatic rings. The van der Waals surface area contributed by atoms with Crippen LogP contribution >= 0.6 is 0 Å². The van der Waals surface area contributed by atoms with Crippen molar-refractivity contribution >= 4 is 23.7 Å². The van der Waals surface area contributed by atoms with E-state index in [0.717, 1.165) is 10.9 Å². The average Bonchev–Trinajstić information content (AvgIpc) is 2.31. The predicted octanol–water partition coefficient (Wildman–Crippen LogP) is 1.75. The number of carbonyl (C=O) groups is 2. The van der Waals surface area contributed by atoms with E-state index in [4.69, 9.17) is 9.90 Å². The van der Waals surface area contributed by atoms with Crippen molar-refractivity contribution in [2.24, 2.45) is 0 Å². The van der Waals surface area contributed by atoms with E-state index in [1.54, 1.807) is 6.07 Å². The Bertz CT molecular complexity index is 482. The van der Waals surface area contributed by atoms with Gasteiger partial charge in [0.25, 0.3) is 0 Å². The van der Waals surface area contributed by atoms with Crippen LogP contribution in [0.4, 0.5) is 0 Å². The molecular formula is C11H9NO3. The van der Waals surface area contributed by atoms with E-state index in [1.807, 2.05) is 31.1 Å². The number of carbonyl (C=O) groups excluding carboxylic acids is 1. The number of benzene rings is 1. The Morgan fingerprint density at radius 3 is 2.60 bits per heavy atom. The van der Waals surface area contributed by atoms with Crippen molar-refractivity contribution in [3.63, 3.8) is 0 Å². The quantitative estimate of drug-likeness (QED) is 0.766. The molecule has 0 spiro atoms. The first kappa shape index (κ1) is 10.8. The minimum absolute atomic E-state index is 0.221. The fourth-order valence-electron chi connectivity index (χ4n) is 1.19. The zero-order valence-corrected chi connectivity index (χ0v) is 7.88. The first-order chi connectivity index (χ1) is 7.27. The van der Waals surface area contributed by atoms with E-state index in [0.29, 0.717) is 0 Å². The van der Waals surface area contributed by atoms with Crippen LogP contribution in [0.5, 0.6) is 0 Å². The summed E-state index contributed by atoms with van der Waals surface area (Å²) >= 11 is 0. The molecule has 1 aromatic heterocycles. The fraction of sp³-hybridized carbons (Fsp3) is 0. The highest BCUT2D eigenvalue weighted by Crippen LogP contribution is 2.12. The molecule has 1 N–H and O–H groups in total. The van der Waals surface area contributed by atoms with Crippen LogP contribution in [-0.4, -0.2) is 22.8 Å². The van der Waals surface area contributed by atoms with E-state index in [2.05, 4.69) is 4.98 Å². The summed E-state index contributed by atoms with van der Waals surface area (Å²) in [7, 11) is 0. The second-order valence-electron chi connectivity index (χ2n) is 2.72. The third kappa shape index (κ3) is 2.37. The Morgan fingerprint density at radius 1 is 1.27 bits per heavy atom. The third-order valence-corrected chi connectivity index (χ3v) is 1.84. The normalized spacial score (nSPS) is 9.07. The summed E-state index contributed by atoms with van der Waals surface area (Å²) in [5, 5.41) is 9.55. The fourth-order valence-corrected chi connectivity index (χ4v) is 1.19. The number of hydrogen-bond acceptors (Lipinski definition) is 3. The van der Waals surface area contributed by atoms with Crippen molar-refractivity contribution < 1.29 is 14.7 Å². The Labute approximate surface area is 86.2 Å². The van der Waals surface area contributed by atoms with Crippen LogP contribution < -0.4 is 0 Å². The van der Waals surface area contributed by atoms with Crippen molar-refractivity contribution in [1.82, 2.24) is 4.98 Å². The van der Waals surface area contributed by atoms with Crippen molar-refractivity contribution in [3.8, 4) is 0 Å². The largest absolute Gasteiger partial charge is 0.478 e. The van der Waals surface area contributed by atoms with Crippen molar-refractivity contribution in [2.75, 3.05) is 0 Å². The van der Waals surface area contributed by atoms with E-state index < -0.39 is 5.97 Å². The Kier molecular flexibility index (Phi) is 3.51. The molecular weight excluding hydrogens is 194 g/mol. The molecule has 0 atom stereocenters. The highest BCUT2D eigenvalue weighted by atomic mass is 16.4. The molecule has 0 saturated carbocycles. The van der Waals surface area contributed by atoms with Gasteiger partial charge in [0.05, 0.1) is 11.1 Å². The number of aromatic carboxylic acids is 1. The maximum absolute atomic E-state index is 10.6. The first-order valence-electron chi connectivity index (χ1n) is 4.14. The molecule has 4 nitrogen and oxygen atoms in total. The summed E-state index contributed by atoms with van der Waals surface area (Å²) in [4.78, 5) is 22.6. The number of aromatic nitrogens is 1.